The second-order valence-electron chi connectivity index (χ2n) is 13.2. The highest BCUT2D eigenvalue weighted by atomic mass is 16.4. The number of nitrogens with one attached hydrogen (secondary N) is 5. The standard InChI is InChI=1S/C33H42N6O7/c1-17-21(20-9-4-5-10-22(20)34-17)15-23-29(42)36-24(16-26(40)41)33(46)39-14-6-11-25(39)30(43)37-27(18-7-2-3-8-18)32(45)38-28(19-12-13-19)31(44)35-23/h4-5,9-10,18-19,23-25,27-28,34H,2-3,6-8,11-16H2,1H3,(H,35,44)(H,36,42)(H,37,43)(H,38,45)(H,40,41)/t23-,24+,25-,27+,28+/m0/s1. The maximum Gasteiger partial charge on any atom is 0.305 e. The van der Waals surface area contributed by atoms with E-state index in [0.717, 1.165) is 60.7 Å². The molecule has 6 N–H and O–H groups in total. The van der Waals surface area contributed by atoms with Crippen LogP contribution in [0.1, 0.15) is 69.0 Å². The van der Waals surface area contributed by atoms with Crippen molar-refractivity contribution in [3.8, 4) is 0 Å². The molecule has 2 saturated carbocycles. The first kappa shape index (κ1) is 31.6. The minimum Gasteiger partial charge on any atom is -0.481 e. The van der Waals surface area contributed by atoms with E-state index in [1.165, 1.54) is 4.90 Å². The lowest BCUT2D eigenvalue weighted by Crippen LogP contribution is -2.59. The second kappa shape index (κ2) is 13.1. The highest BCUT2D eigenvalue weighted by Crippen LogP contribution is 2.34. The first-order valence-corrected chi connectivity index (χ1v) is 16.4. The monoisotopic (exact) mass is 634 g/mol. The van der Waals surface area contributed by atoms with Gasteiger partial charge >= 0.3 is 5.97 Å². The van der Waals surface area contributed by atoms with Gasteiger partial charge in [-0.1, -0.05) is 31.0 Å². The predicted octanol–water partition coefficient (Wildman–Crippen LogP) is 1.04. The van der Waals surface area contributed by atoms with E-state index in [-0.39, 0.29) is 24.8 Å². The van der Waals surface area contributed by atoms with E-state index in [2.05, 4.69) is 26.3 Å². The van der Waals surface area contributed by atoms with Crippen molar-refractivity contribution >= 4 is 46.4 Å². The molecule has 2 saturated heterocycles. The average molecular weight is 635 g/mol. The lowest BCUT2D eigenvalue weighted by Gasteiger charge is -2.31. The van der Waals surface area contributed by atoms with Gasteiger partial charge in [0.1, 0.15) is 30.2 Å². The zero-order valence-corrected chi connectivity index (χ0v) is 26.0. The van der Waals surface area contributed by atoms with Crippen LogP contribution >= 0.6 is 0 Å². The molecule has 1 aromatic carbocycles. The fourth-order valence-corrected chi connectivity index (χ4v) is 7.43. The summed E-state index contributed by atoms with van der Waals surface area (Å²) in [7, 11) is 0. The predicted molar refractivity (Wildman–Crippen MR) is 166 cm³/mol. The number of carboxylic acids is 1. The number of carbonyl (C=O) groups excluding carboxylic acids is 5. The van der Waals surface area contributed by atoms with Gasteiger partial charge in [-0.25, -0.2) is 0 Å². The molecule has 2 aliphatic heterocycles. The van der Waals surface area contributed by atoms with Crippen LogP contribution in [0.3, 0.4) is 0 Å². The number of H-pyrrole nitrogens is 1. The maximum atomic E-state index is 14.0. The second-order valence-corrected chi connectivity index (χ2v) is 13.2. The Morgan fingerprint density at radius 3 is 2.11 bits per heavy atom. The number of hydrogen-bond acceptors (Lipinski definition) is 6. The van der Waals surface area contributed by atoms with Crippen molar-refractivity contribution in [3.05, 3.63) is 35.5 Å². The van der Waals surface area contributed by atoms with Gasteiger partial charge in [-0.05, 0) is 68.9 Å². The first-order chi connectivity index (χ1) is 22.1. The molecule has 0 bridgehead atoms. The van der Waals surface area contributed by atoms with Crippen LogP contribution in [-0.2, 0) is 35.2 Å². The lowest BCUT2D eigenvalue weighted by molar-refractivity contribution is -0.146. The molecule has 46 heavy (non-hydrogen) atoms. The average Bonchev–Trinajstić information content (AvgIpc) is 3.38. The number of aromatic nitrogens is 1. The number of amides is 5. The minimum absolute atomic E-state index is 0.0593. The molecule has 2 aliphatic carbocycles. The van der Waals surface area contributed by atoms with Gasteiger partial charge in [-0.3, -0.25) is 28.8 Å². The fraction of sp³-hybridized carbons (Fsp3) is 0.576. The molecule has 1 aromatic heterocycles. The molecule has 4 aliphatic rings. The molecule has 13 heteroatoms. The zero-order valence-electron chi connectivity index (χ0n) is 26.0. The Morgan fingerprint density at radius 2 is 1.41 bits per heavy atom. The summed E-state index contributed by atoms with van der Waals surface area (Å²) >= 11 is 0. The Balaban J connectivity index is 1.38. The molecule has 5 atom stereocenters. The largest absolute Gasteiger partial charge is 0.481 e. The summed E-state index contributed by atoms with van der Waals surface area (Å²) in [5.74, 6) is -4.43. The molecule has 13 nitrogen and oxygen atoms in total. The zero-order chi connectivity index (χ0) is 32.5. The molecule has 0 unspecified atom stereocenters. The van der Waals surface area contributed by atoms with Crippen LogP contribution in [0.2, 0.25) is 0 Å². The van der Waals surface area contributed by atoms with Crippen LogP contribution in [-0.4, -0.2) is 87.2 Å². The van der Waals surface area contributed by atoms with Crippen molar-refractivity contribution in [1.82, 2.24) is 31.2 Å². The third-order valence-corrected chi connectivity index (χ3v) is 10.0. The van der Waals surface area contributed by atoms with E-state index >= 15 is 0 Å². The third kappa shape index (κ3) is 6.59. The highest BCUT2D eigenvalue weighted by molar-refractivity contribution is 5.99. The number of carbonyl (C=O) groups is 6. The molecule has 246 valence electrons. The topological polar surface area (TPSA) is 190 Å². The summed E-state index contributed by atoms with van der Waals surface area (Å²) in [5.41, 5.74) is 2.45. The van der Waals surface area contributed by atoms with Crippen molar-refractivity contribution in [2.75, 3.05) is 6.54 Å². The number of rotatable bonds is 6. The van der Waals surface area contributed by atoms with E-state index in [1.807, 2.05) is 31.2 Å². The van der Waals surface area contributed by atoms with E-state index in [0.29, 0.717) is 12.8 Å². The van der Waals surface area contributed by atoms with Crippen LogP contribution < -0.4 is 21.3 Å². The van der Waals surface area contributed by atoms with E-state index < -0.39 is 72.1 Å². The van der Waals surface area contributed by atoms with Gasteiger partial charge in [0, 0.05) is 29.6 Å². The van der Waals surface area contributed by atoms with Crippen molar-refractivity contribution in [2.24, 2.45) is 11.8 Å². The first-order valence-electron chi connectivity index (χ1n) is 16.4. The molecule has 0 spiro atoms. The smallest absolute Gasteiger partial charge is 0.305 e. The normalized spacial score (nSPS) is 28.6. The van der Waals surface area contributed by atoms with Gasteiger partial charge in [-0.2, -0.15) is 0 Å². The number of carboxylic acid groups (broad SMARTS) is 1. The third-order valence-electron chi connectivity index (χ3n) is 10.0. The van der Waals surface area contributed by atoms with Crippen LogP contribution in [0.15, 0.2) is 24.3 Å². The highest BCUT2D eigenvalue weighted by Gasteiger charge is 2.44. The van der Waals surface area contributed by atoms with E-state index in [4.69, 9.17) is 0 Å². The number of benzene rings is 1. The Hall–Kier alpha value is -4.42. The molecule has 0 radical (unpaired) electrons. The molecule has 5 amide bonds. The van der Waals surface area contributed by atoms with Crippen LogP contribution in [0.5, 0.6) is 0 Å². The summed E-state index contributed by atoms with van der Waals surface area (Å²) in [6.07, 6.45) is 5.01. The van der Waals surface area contributed by atoms with Crippen molar-refractivity contribution in [2.45, 2.75) is 101 Å². The van der Waals surface area contributed by atoms with Crippen LogP contribution in [0.4, 0.5) is 0 Å². The molecular formula is C33H42N6O7. The SMILES string of the molecule is Cc1[nH]c2ccccc2c1C[C@@H]1NC(=O)[C@@H](C2CC2)NC(=O)[C@@H](C2CCCC2)NC(=O)[C@@H]2CCCN2C(=O)[C@@H](CC(=O)O)NC1=O. The number of hydrogen-bond donors (Lipinski definition) is 6. The Bertz CT molecular complexity index is 1540. The molecule has 4 fully saturated rings. The van der Waals surface area contributed by atoms with Gasteiger partial charge in [0.15, 0.2) is 0 Å². The van der Waals surface area contributed by atoms with Crippen molar-refractivity contribution < 1.29 is 33.9 Å². The number of aliphatic carboxylic acids is 1. The quantitative estimate of drug-likeness (QED) is 0.274. The van der Waals surface area contributed by atoms with Crippen LogP contribution in [0, 0.1) is 18.8 Å². The lowest BCUT2D eigenvalue weighted by atomic mass is 9.96. The van der Waals surface area contributed by atoms with Gasteiger partial charge in [-0.15, -0.1) is 0 Å². The van der Waals surface area contributed by atoms with Gasteiger partial charge < -0.3 is 36.3 Å². The number of nitrogens with zero attached hydrogens (tertiary/aromatic N) is 1. The number of aromatic amines is 1. The minimum atomic E-state index is -1.46. The van der Waals surface area contributed by atoms with E-state index in [1.54, 1.807) is 0 Å². The van der Waals surface area contributed by atoms with Crippen molar-refractivity contribution in [1.29, 1.82) is 0 Å². The molecule has 3 heterocycles. The Labute approximate surface area is 266 Å². The van der Waals surface area contributed by atoms with E-state index in [9.17, 15) is 33.9 Å². The number of aryl methyl sites for hydroxylation is 1. The Morgan fingerprint density at radius 1 is 0.783 bits per heavy atom. The van der Waals surface area contributed by atoms with Crippen LogP contribution in [0.25, 0.3) is 10.9 Å². The summed E-state index contributed by atoms with van der Waals surface area (Å²) in [4.78, 5) is 85.8. The summed E-state index contributed by atoms with van der Waals surface area (Å²) in [6.45, 7) is 2.08. The maximum absolute atomic E-state index is 14.0. The summed E-state index contributed by atoms with van der Waals surface area (Å²) in [5, 5.41) is 21.9. The van der Waals surface area contributed by atoms with Gasteiger partial charge in [0.05, 0.1) is 6.42 Å². The van der Waals surface area contributed by atoms with Crippen molar-refractivity contribution in [3.63, 3.8) is 0 Å². The Kier molecular flexibility index (Phi) is 9.01. The fourth-order valence-electron chi connectivity index (χ4n) is 7.43. The number of para-hydroxylation sites is 1. The molecule has 2 aromatic rings. The summed E-state index contributed by atoms with van der Waals surface area (Å²) in [6, 6.07) is 2.21. The molecule has 6 rings (SSSR count). The van der Waals surface area contributed by atoms with Gasteiger partial charge in [0.25, 0.3) is 0 Å². The van der Waals surface area contributed by atoms with Gasteiger partial charge in [0.2, 0.25) is 29.5 Å². The number of fused-ring (bicyclic) bond motifs is 2. The summed E-state index contributed by atoms with van der Waals surface area (Å²) < 4.78 is 0. The molecular weight excluding hydrogens is 592 g/mol.